The molecule has 1 aromatic rings. The van der Waals surface area contributed by atoms with Gasteiger partial charge in [0, 0.05) is 31.5 Å². The van der Waals surface area contributed by atoms with Crippen molar-refractivity contribution in [3.05, 3.63) is 23.8 Å². The second kappa shape index (κ2) is 7.84. The van der Waals surface area contributed by atoms with Crippen molar-refractivity contribution in [2.24, 2.45) is 0 Å². The second-order valence-corrected chi connectivity index (χ2v) is 5.56. The second-order valence-electron chi connectivity index (χ2n) is 5.56. The molecule has 0 aliphatic carbocycles. The summed E-state index contributed by atoms with van der Waals surface area (Å²) >= 11 is 0. The van der Waals surface area contributed by atoms with E-state index in [1.807, 2.05) is 0 Å². The number of nitrogens with zero attached hydrogens (tertiary/aromatic N) is 1. The molecule has 0 radical (unpaired) electrons. The van der Waals surface area contributed by atoms with Crippen LogP contribution in [-0.2, 0) is 14.3 Å². The molecule has 9 heteroatoms. The highest BCUT2D eigenvalue weighted by Crippen LogP contribution is 2.32. The summed E-state index contributed by atoms with van der Waals surface area (Å²) in [6, 6.07) is 4.72. The summed E-state index contributed by atoms with van der Waals surface area (Å²) in [6.45, 7) is 2.24. The minimum Gasteiger partial charge on any atom is -0.454 e. The van der Waals surface area contributed by atoms with E-state index < -0.39 is 11.8 Å². The van der Waals surface area contributed by atoms with Crippen LogP contribution in [0.1, 0.15) is 23.2 Å². The molecule has 25 heavy (non-hydrogen) atoms. The van der Waals surface area contributed by atoms with Gasteiger partial charge in [-0.1, -0.05) is 0 Å². The van der Waals surface area contributed by atoms with Gasteiger partial charge in [-0.3, -0.25) is 25.2 Å². The Morgan fingerprint density at radius 3 is 2.56 bits per heavy atom. The molecule has 134 valence electrons. The average Bonchev–Trinajstić information content (AvgIpc) is 3.12. The lowest BCUT2D eigenvalue weighted by Crippen LogP contribution is -2.43. The standard InChI is InChI=1S/C16H19N3O6/c20-14(3-4-15(21)19-5-7-23-8-6-19)17-18-16(22)11-1-2-12-13(9-11)25-10-24-12/h1-2,9H,3-8,10H2,(H,17,20)(H,18,22). The minimum atomic E-state index is -0.480. The fourth-order valence-corrected chi connectivity index (χ4v) is 2.49. The first-order chi connectivity index (χ1) is 12.1. The molecule has 0 spiro atoms. The van der Waals surface area contributed by atoms with Gasteiger partial charge in [0.1, 0.15) is 0 Å². The number of carbonyl (C=O) groups excluding carboxylic acids is 3. The highest BCUT2D eigenvalue weighted by Gasteiger charge is 2.19. The molecule has 0 aromatic heterocycles. The van der Waals surface area contributed by atoms with Crippen molar-refractivity contribution in [2.75, 3.05) is 33.1 Å². The van der Waals surface area contributed by atoms with Crippen LogP contribution in [0.5, 0.6) is 11.5 Å². The van der Waals surface area contributed by atoms with Crippen molar-refractivity contribution in [1.82, 2.24) is 15.8 Å². The number of rotatable bonds is 4. The van der Waals surface area contributed by atoms with Crippen LogP contribution in [0.3, 0.4) is 0 Å². The van der Waals surface area contributed by atoms with Crippen molar-refractivity contribution < 1.29 is 28.6 Å². The lowest BCUT2D eigenvalue weighted by Gasteiger charge is -2.26. The summed E-state index contributed by atoms with van der Waals surface area (Å²) in [5.74, 6) is 0.0414. The molecule has 2 aliphatic rings. The Kier molecular flexibility index (Phi) is 5.34. The van der Waals surface area contributed by atoms with Crippen molar-refractivity contribution in [1.29, 1.82) is 0 Å². The van der Waals surface area contributed by atoms with E-state index >= 15 is 0 Å². The Labute approximate surface area is 144 Å². The van der Waals surface area contributed by atoms with Crippen molar-refractivity contribution in [2.45, 2.75) is 12.8 Å². The fourth-order valence-electron chi connectivity index (χ4n) is 2.49. The van der Waals surface area contributed by atoms with E-state index in [1.165, 1.54) is 6.07 Å². The molecule has 3 rings (SSSR count). The number of hydrogen-bond donors (Lipinski definition) is 2. The van der Waals surface area contributed by atoms with Gasteiger partial charge in [-0.05, 0) is 18.2 Å². The van der Waals surface area contributed by atoms with Crippen LogP contribution >= 0.6 is 0 Å². The van der Waals surface area contributed by atoms with Crippen molar-refractivity contribution in [3.8, 4) is 11.5 Å². The molecule has 0 unspecified atom stereocenters. The van der Waals surface area contributed by atoms with Crippen molar-refractivity contribution >= 4 is 17.7 Å². The molecule has 3 amide bonds. The number of carbonyl (C=O) groups is 3. The molecular formula is C16H19N3O6. The number of ether oxygens (including phenoxy) is 3. The van der Waals surface area contributed by atoms with E-state index in [2.05, 4.69) is 10.9 Å². The van der Waals surface area contributed by atoms with Crippen LogP contribution in [0.2, 0.25) is 0 Å². The SMILES string of the molecule is O=C(CCC(=O)N1CCOCC1)NNC(=O)c1ccc2c(c1)OCO2. The first-order valence-corrected chi connectivity index (χ1v) is 7.98. The average molecular weight is 349 g/mol. The molecule has 1 saturated heterocycles. The normalized spacial score (nSPS) is 15.6. The quantitative estimate of drug-likeness (QED) is 0.730. The third kappa shape index (κ3) is 4.38. The molecule has 0 bridgehead atoms. The van der Waals surface area contributed by atoms with Gasteiger partial charge in [-0.25, -0.2) is 0 Å². The van der Waals surface area contributed by atoms with Crippen LogP contribution in [-0.4, -0.2) is 55.7 Å². The van der Waals surface area contributed by atoms with E-state index in [-0.39, 0.29) is 25.5 Å². The van der Waals surface area contributed by atoms with E-state index in [9.17, 15) is 14.4 Å². The van der Waals surface area contributed by atoms with Gasteiger partial charge in [0.15, 0.2) is 11.5 Å². The van der Waals surface area contributed by atoms with E-state index in [0.717, 1.165) is 0 Å². The Morgan fingerprint density at radius 2 is 1.76 bits per heavy atom. The number of hydrogen-bond acceptors (Lipinski definition) is 6. The maximum atomic E-state index is 12.0. The van der Waals surface area contributed by atoms with Gasteiger partial charge in [0.25, 0.3) is 5.91 Å². The van der Waals surface area contributed by atoms with E-state index in [0.29, 0.717) is 43.4 Å². The Bertz CT molecular complexity index is 672. The Hall–Kier alpha value is -2.81. The van der Waals surface area contributed by atoms with Crippen LogP contribution in [0.25, 0.3) is 0 Å². The molecule has 2 heterocycles. The number of nitrogens with one attached hydrogen (secondary N) is 2. The van der Waals surface area contributed by atoms with Crippen LogP contribution in [0, 0.1) is 0 Å². The van der Waals surface area contributed by atoms with Gasteiger partial charge < -0.3 is 19.1 Å². The molecule has 2 aliphatic heterocycles. The van der Waals surface area contributed by atoms with Crippen molar-refractivity contribution in [3.63, 3.8) is 0 Å². The van der Waals surface area contributed by atoms with Gasteiger partial charge >= 0.3 is 0 Å². The number of benzene rings is 1. The largest absolute Gasteiger partial charge is 0.454 e. The molecule has 1 aromatic carbocycles. The highest BCUT2D eigenvalue weighted by molar-refractivity contribution is 5.96. The smallest absolute Gasteiger partial charge is 0.269 e. The third-order valence-electron chi connectivity index (χ3n) is 3.88. The lowest BCUT2D eigenvalue weighted by molar-refractivity contribution is -0.137. The zero-order valence-corrected chi connectivity index (χ0v) is 13.6. The number of hydrazine groups is 1. The van der Waals surface area contributed by atoms with Crippen LogP contribution in [0.4, 0.5) is 0 Å². The maximum absolute atomic E-state index is 12.0. The summed E-state index contributed by atoms with van der Waals surface area (Å²) in [5, 5.41) is 0. The number of fused-ring (bicyclic) bond motifs is 1. The summed E-state index contributed by atoms with van der Waals surface area (Å²) in [6.07, 6.45) is 0.0866. The van der Waals surface area contributed by atoms with Gasteiger partial charge in [-0.2, -0.15) is 0 Å². The summed E-state index contributed by atoms with van der Waals surface area (Å²) in [5.41, 5.74) is 4.94. The summed E-state index contributed by atoms with van der Waals surface area (Å²) < 4.78 is 15.5. The number of morpholine rings is 1. The predicted octanol–water partition coefficient (Wildman–Crippen LogP) is -0.185. The summed E-state index contributed by atoms with van der Waals surface area (Å²) in [4.78, 5) is 37.4. The molecule has 0 atom stereocenters. The minimum absolute atomic E-state index is 0.00237. The first-order valence-electron chi connectivity index (χ1n) is 7.98. The Balaban J connectivity index is 1.41. The van der Waals surface area contributed by atoms with Crippen LogP contribution in [0.15, 0.2) is 18.2 Å². The molecule has 9 nitrogen and oxygen atoms in total. The highest BCUT2D eigenvalue weighted by atomic mass is 16.7. The zero-order chi connectivity index (χ0) is 17.6. The molecule has 2 N–H and O–H groups in total. The monoisotopic (exact) mass is 349 g/mol. The first kappa shape index (κ1) is 17.0. The zero-order valence-electron chi connectivity index (χ0n) is 13.6. The van der Waals surface area contributed by atoms with E-state index in [4.69, 9.17) is 14.2 Å². The van der Waals surface area contributed by atoms with E-state index in [1.54, 1.807) is 17.0 Å². The number of amides is 3. The lowest BCUT2D eigenvalue weighted by atomic mass is 10.2. The molecule has 1 fully saturated rings. The molecule has 0 saturated carbocycles. The molecular weight excluding hydrogens is 330 g/mol. The van der Waals surface area contributed by atoms with Gasteiger partial charge in [0.05, 0.1) is 13.2 Å². The van der Waals surface area contributed by atoms with Crippen LogP contribution < -0.4 is 20.3 Å². The van der Waals surface area contributed by atoms with Gasteiger partial charge in [-0.15, -0.1) is 0 Å². The van der Waals surface area contributed by atoms with Gasteiger partial charge in [0.2, 0.25) is 18.6 Å². The predicted molar refractivity (Wildman–Crippen MR) is 84.8 cm³/mol. The topological polar surface area (TPSA) is 106 Å². The maximum Gasteiger partial charge on any atom is 0.269 e. The third-order valence-corrected chi connectivity index (χ3v) is 3.88. The fraction of sp³-hybridized carbons (Fsp3) is 0.438. The Morgan fingerprint density at radius 1 is 1.00 bits per heavy atom. The summed E-state index contributed by atoms with van der Waals surface area (Å²) in [7, 11) is 0.